The Labute approximate surface area is 99.2 Å². The summed E-state index contributed by atoms with van der Waals surface area (Å²) in [4.78, 5) is 4.13. The molecule has 6 nitrogen and oxygen atoms in total. The molecule has 2 N–H and O–H groups in total. The summed E-state index contributed by atoms with van der Waals surface area (Å²) in [6, 6.07) is 3.91. The second kappa shape index (κ2) is 5.11. The number of aliphatic hydroxyl groups excluding tert-OH is 1. The SMILES string of the molecule is COCC(O)CNc1cc(C)cc2ncnn12. The zero-order chi connectivity index (χ0) is 12.3. The average Bonchev–Trinajstić information content (AvgIpc) is 2.74. The quantitative estimate of drug-likeness (QED) is 0.789. The molecule has 2 aromatic heterocycles. The number of nitrogens with zero attached hydrogens (tertiary/aromatic N) is 3. The van der Waals surface area contributed by atoms with Gasteiger partial charge < -0.3 is 15.2 Å². The topological polar surface area (TPSA) is 71.7 Å². The van der Waals surface area contributed by atoms with Gasteiger partial charge in [0.05, 0.1) is 12.7 Å². The number of ether oxygens (including phenoxy) is 1. The van der Waals surface area contributed by atoms with Gasteiger partial charge in [-0.3, -0.25) is 0 Å². The maximum absolute atomic E-state index is 9.57. The molecule has 2 heterocycles. The lowest BCUT2D eigenvalue weighted by Crippen LogP contribution is -2.25. The lowest BCUT2D eigenvalue weighted by atomic mass is 10.3. The standard InChI is InChI=1S/C11H16N4O2/c1-8-3-10(12-5-9(16)6-17-2)15-11(4-8)13-7-14-15/h3-4,7,9,12,16H,5-6H2,1-2H3. The van der Waals surface area contributed by atoms with Crippen molar-refractivity contribution >= 4 is 11.5 Å². The first-order valence-electron chi connectivity index (χ1n) is 5.42. The van der Waals surface area contributed by atoms with E-state index in [4.69, 9.17) is 4.74 Å². The molecule has 0 amide bonds. The molecular weight excluding hydrogens is 220 g/mol. The monoisotopic (exact) mass is 236 g/mol. The number of anilines is 1. The van der Waals surface area contributed by atoms with Crippen LogP contribution in [0.2, 0.25) is 0 Å². The van der Waals surface area contributed by atoms with Crippen LogP contribution in [0.1, 0.15) is 5.56 Å². The van der Waals surface area contributed by atoms with Crippen LogP contribution in [0.4, 0.5) is 5.82 Å². The van der Waals surface area contributed by atoms with E-state index < -0.39 is 6.10 Å². The Morgan fingerprint density at radius 2 is 2.35 bits per heavy atom. The van der Waals surface area contributed by atoms with E-state index >= 15 is 0 Å². The maximum atomic E-state index is 9.57. The van der Waals surface area contributed by atoms with Crippen molar-refractivity contribution in [2.24, 2.45) is 0 Å². The summed E-state index contributed by atoms with van der Waals surface area (Å²) in [6.07, 6.45) is 0.963. The van der Waals surface area contributed by atoms with E-state index in [1.165, 1.54) is 6.33 Å². The fourth-order valence-electron chi connectivity index (χ4n) is 1.66. The summed E-state index contributed by atoms with van der Waals surface area (Å²) in [6.45, 7) is 2.71. The number of aryl methyl sites for hydroxylation is 1. The van der Waals surface area contributed by atoms with Gasteiger partial charge in [-0.1, -0.05) is 0 Å². The molecule has 0 aliphatic heterocycles. The molecule has 17 heavy (non-hydrogen) atoms. The molecule has 0 bridgehead atoms. The highest BCUT2D eigenvalue weighted by Gasteiger charge is 2.07. The van der Waals surface area contributed by atoms with Crippen molar-refractivity contribution in [3.63, 3.8) is 0 Å². The van der Waals surface area contributed by atoms with E-state index in [0.29, 0.717) is 13.2 Å². The van der Waals surface area contributed by atoms with Crippen molar-refractivity contribution in [2.45, 2.75) is 13.0 Å². The lowest BCUT2D eigenvalue weighted by Gasteiger charge is -2.13. The van der Waals surface area contributed by atoms with E-state index in [2.05, 4.69) is 15.4 Å². The minimum Gasteiger partial charge on any atom is -0.389 e. The highest BCUT2D eigenvalue weighted by Crippen LogP contribution is 2.12. The number of fused-ring (bicyclic) bond motifs is 1. The second-order valence-corrected chi connectivity index (χ2v) is 3.94. The van der Waals surface area contributed by atoms with Crippen molar-refractivity contribution in [1.82, 2.24) is 14.6 Å². The van der Waals surface area contributed by atoms with Gasteiger partial charge in [-0.15, -0.1) is 0 Å². The summed E-state index contributed by atoms with van der Waals surface area (Å²) < 4.78 is 6.56. The highest BCUT2D eigenvalue weighted by atomic mass is 16.5. The summed E-state index contributed by atoms with van der Waals surface area (Å²) >= 11 is 0. The van der Waals surface area contributed by atoms with E-state index in [0.717, 1.165) is 17.0 Å². The van der Waals surface area contributed by atoms with Crippen LogP contribution in [0.5, 0.6) is 0 Å². The molecule has 6 heteroatoms. The molecule has 92 valence electrons. The van der Waals surface area contributed by atoms with Crippen LogP contribution >= 0.6 is 0 Å². The van der Waals surface area contributed by atoms with Crippen LogP contribution in [-0.2, 0) is 4.74 Å². The van der Waals surface area contributed by atoms with Gasteiger partial charge >= 0.3 is 0 Å². The van der Waals surface area contributed by atoms with Crippen LogP contribution in [0, 0.1) is 6.92 Å². The van der Waals surface area contributed by atoms with Crippen molar-refractivity contribution < 1.29 is 9.84 Å². The van der Waals surface area contributed by atoms with Gasteiger partial charge in [0.25, 0.3) is 0 Å². The van der Waals surface area contributed by atoms with Crippen LogP contribution in [-0.4, -0.2) is 46.1 Å². The third kappa shape index (κ3) is 2.72. The fraction of sp³-hybridized carbons (Fsp3) is 0.455. The third-order valence-electron chi connectivity index (χ3n) is 2.40. The predicted molar refractivity (Wildman–Crippen MR) is 64.1 cm³/mol. The average molecular weight is 236 g/mol. The molecule has 0 spiro atoms. The number of pyridine rings is 1. The Hall–Kier alpha value is -1.66. The van der Waals surface area contributed by atoms with Gasteiger partial charge in [0.15, 0.2) is 5.65 Å². The molecule has 1 atom stereocenters. The smallest absolute Gasteiger partial charge is 0.157 e. The Morgan fingerprint density at radius 1 is 1.53 bits per heavy atom. The third-order valence-corrected chi connectivity index (χ3v) is 2.40. The molecule has 0 fully saturated rings. The van der Waals surface area contributed by atoms with Crippen molar-refractivity contribution in [2.75, 3.05) is 25.6 Å². The Balaban J connectivity index is 2.14. The zero-order valence-corrected chi connectivity index (χ0v) is 9.92. The van der Waals surface area contributed by atoms with Gasteiger partial charge in [-0.05, 0) is 24.6 Å². The summed E-state index contributed by atoms with van der Waals surface area (Å²) in [7, 11) is 1.56. The van der Waals surface area contributed by atoms with Crippen LogP contribution in [0.3, 0.4) is 0 Å². The van der Waals surface area contributed by atoms with Gasteiger partial charge in [0, 0.05) is 13.7 Å². The van der Waals surface area contributed by atoms with Crippen LogP contribution in [0.25, 0.3) is 5.65 Å². The summed E-state index contributed by atoms with van der Waals surface area (Å²) in [5.74, 6) is 0.813. The Morgan fingerprint density at radius 3 is 3.12 bits per heavy atom. The number of aromatic nitrogens is 3. The van der Waals surface area contributed by atoms with E-state index in [1.54, 1.807) is 11.6 Å². The second-order valence-electron chi connectivity index (χ2n) is 3.94. The van der Waals surface area contributed by atoms with E-state index in [-0.39, 0.29) is 0 Å². The number of nitrogens with one attached hydrogen (secondary N) is 1. The molecule has 2 aromatic rings. The molecule has 0 saturated heterocycles. The zero-order valence-electron chi connectivity index (χ0n) is 9.92. The Kier molecular flexibility index (Phi) is 3.55. The molecular formula is C11H16N4O2. The van der Waals surface area contributed by atoms with Gasteiger partial charge in [0.1, 0.15) is 12.1 Å². The molecule has 0 radical (unpaired) electrons. The first-order chi connectivity index (χ1) is 8.20. The first kappa shape index (κ1) is 11.8. The molecule has 0 aliphatic carbocycles. The molecule has 0 saturated carbocycles. The normalized spacial score (nSPS) is 12.9. The Bertz CT molecular complexity index is 497. The maximum Gasteiger partial charge on any atom is 0.157 e. The van der Waals surface area contributed by atoms with Crippen LogP contribution < -0.4 is 5.32 Å². The van der Waals surface area contributed by atoms with Gasteiger partial charge in [-0.25, -0.2) is 4.98 Å². The van der Waals surface area contributed by atoms with E-state index in [9.17, 15) is 5.11 Å². The number of hydrogen-bond acceptors (Lipinski definition) is 5. The van der Waals surface area contributed by atoms with E-state index in [1.807, 2.05) is 19.1 Å². The molecule has 0 aliphatic rings. The number of rotatable bonds is 5. The molecule has 0 aromatic carbocycles. The predicted octanol–water partition coefficient (Wildman–Crippen LogP) is 0.457. The number of aliphatic hydroxyl groups is 1. The van der Waals surface area contributed by atoms with Gasteiger partial charge in [0.2, 0.25) is 0 Å². The summed E-state index contributed by atoms with van der Waals surface area (Å²) in [5, 5.41) is 16.8. The first-order valence-corrected chi connectivity index (χ1v) is 5.42. The number of methoxy groups -OCH3 is 1. The molecule has 1 unspecified atom stereocenters. The van der Waals surface area contributed by atoms with Crippen molar-refractivity contribution in [3.05, 3.63) is 24.0 Å². The molecule has 2 rings (SSSR count). The van der Waals surface area contributed by atoms with Crippen molar-refractivity contribution in [1.29, 1.82) is 0 Å². The number of hydrogen-bond donors (Lipinski definition) is 2. The lowest BCUT2D eigenvalue weighted by molar-refractivity contribution is 0.0727. The minimum absolute atomic E-state index is 0.305. The van der Waals surface area contributed by atoms with Gasteiger partial charge in [-0.2, -0.15) is 9.61 Å². The summed E-state index contributed by atoms with van der Waals surface area (Å²) in [5.41, 5.74) is 1.88. The fourth-order valence-corrected chi connectivity index (χ4v) is 1.66. The van der Waals surface area contributed by atoms with Crippen molar-refractivity contribution in [3.8, 4) is 0 Å². The minimum atomic E-state index is -0.543. The largest absolute Gasteiger partial charge is 0.389 e. The van der Waals surface area contributed by atoms with Crippen LogP contribution in [0.15, 0.2) is 18.5 Å². The highest BCUT2D eigenvalue weighted by molar-refractivity contribution is 5.51.